The molecule has 1 fully saturated rings. The Bertz CT molecular complexity index is 399. The van der Waals surface area contributed by atoms with Crippen molar-refractivity contribution in [3.8, 4) is 0 Å². The minimum absolute atomic E-state index is 0.559. The molecule has 3 atom stereocenters. The van der Waals surface area contributed by atoms with Gasteiger partial charge < -0.3 is 5.32 Å². The molecule has 1 aliphatic rings. The highest BCUT2D eigenvalue weighted by Crippen LogP contribution is 2.40. The SMILES string of the molecule is CCCNC(c1cccc(CCC)c1)C1CCCC1C. The van der Waals surface area contributed by atoms with Crippen LogP contribution in [-0.4, -0.2) is 6.54 Å². The van der Waals surface area contributed by atoms with E-state index in [1.54, 1.807) is 0 Å². The smallest absolute Gasteiger partial charge is 0.0351 e. The van der Waals surface area contributed by atoms with E-state index in [-0.39, 0.29) is 0 Å². The van der Waals surface area contributed by atoms with Crippen molar-refractivity contribution in [1.82, 2.24) is 5.32 Å². The van der Waals surface area contributed by atoms with Crippen molar-refractivity contribution in [3.63, 3.8) is 0 Å². The molecule has 3 unspecified atom stereocenters. The number of benzene rings is 1. The Labute approximate surface area is 125 Å². The van der Waals surface area contributed by atoms with Gasteiger partial charge in [-0.15, -0.1) is 0 Å². The first kappa shape index (κ1) is 15.6. The molecule has 1 saturated carbocycles. The monoisotopic (exact) mass is 273 g/mol. The Morgan fingerprint density at radius 1 is 1.20 bits per heavy atom. The average Bonchev–Trinajstić information content (AvgIpc) is 2.87. The van der Waals surface area contributed by atoms with Crippen molar-refractivity contribution >= 4 is 0 Å². The van der Waals surface area contributed by atoms with E-state index in [1.165, 1.54) is 49.7 Å². The molecule has 0 amide bonds. The Hall–Kier alpha value is -0.820. The summed E-state index contributed by atoms with van der Waals surface area (Å²) in [4.78, 5) is 0. The van der Waals surface area contributed by atoms with E-state index in [2.05, 4.69) is 50.4 Å². The van der Waals surface area contributed by atoms with E-state index < -0.39 is 0 Å². The van der Waals surface area contributed by atoms with Crippen molar-refractivity contribution in [2.75, 3.05) is 6.54 Å². The van der Waals surface area contributed by atoms with Crippen LogP contribution in [0.3, 0.4) is 0 Å². The van der Waals surface area contributed by atoms with Gasteiger partial charge in [0.25, 0.3) is 0 Å². The maximum Gasteiger partial charge on any atom is 0.0351 e. The highest BCUT2D eigenvalue weighted by Gasteiger charge is 2.31. The zero-order valence-electron chi connectivity index (χ0n) is 13.5. The maximum absolute atomic E-state index is 3.83. The summed E-state index contributed by atoms with van der Waals surface area (Å²) in [7, 11) is 0. The van der Waals surface area contributed by atoms with Crippen LogP contribution in [-0.2, 0) is 6.42 Å². The molecular formula is C19H31N. The highest BCUT2D eigenvalue weighted by molar-refractivity contribution is 5.27. The summed E-state index contributed by atoms with van der Waals surface area (Å²) in [6.07, 6.45) is 7.85. The lowest BCUT2D eigenvalue weighted by Gasteiger charge is -2.29. The highest BCUT2D eigenvalue weighted by atomic mass is 14.9. The van der Waals surface area contributed by atoms with Crippen molar-refractivity contribution in [1.29, 1.82) is 0 Å². The zero-order chi connectivity index (χ0) is 14.4. The molecule has 2 rings (SSSR count). The van der Waals surface area contributed by atoms with Crippen LogP contribution in [0.1, 0.15) is 70.0 Å². The lowest BCUT2D eigenvalue weighted by atomic mass is 9.85. The Morgan fingerprint density at radius 3 is 2.70 bits per heavy atom. The summed E-state index contributed by atoms with van der Waals surface area (Å²) in [5, 5.41) is 3.83. The molecule has 112 valence electrons. The summed E-state index contributed by atoms with van der Waals surface area (Å²) >= 11 is 0. The van der Waals surface area contributed by atoms with Gasteiger partial charge in [0.1, 0.15) is 0 Å². The van der Waals surface area contributed by atoms with Gasteiger partial charge in [-0.25, -0.2) is 0 Å². The van der Waals surface area contributed by atoms with Crippen LogP contribution in [0.25, 0.3) is 0 Å². The summed E-state index contributed by atoms with van der Waals surface area (Å²) in [5.74, 6) is 1.68. The minimum atomic E-state index is 0.559. The van der Waals surface area contributed by atoms with Gasteiger partial charge >= 0.3 is 0 Å². The molecule has 1 aromatic carbocycles. The number of rotatable bonds is 7. The first-order valence-electron chi connectivity index (χ1n) is 8.58. The number of nitrogens with one attached hydrogen (secondary N) is 1. The lowest BCUT2D eigenvalue weighted by Crippen LogP contribution is -2.30. The molecule has 0 aliphatic heterocycles. The van der Waals surface area contributed by atoms with Crippen LogP contribution in [0.2, 0.25) is 0 Å². The first-order valence-corrected chi connectivity index (χ1v) is 8.58. The predicted molar refractivity (Wildman–Crippen MR) is 88.0 cm³/mol. The van der Waals surface area contributed by atoms with E-state index >= 15 is 0 Å². The van der Waals surface area contributed by atoms with Crippen LogP contribution in [0, 0.1) is 11.8 Å². The maximum atomic E-state index is 3.83. The van der Waals surface area contributed by atoms with Crippen LogP contribution >= 0.6 is 0 Å². The fourth-order valence-corrected chi connectivity index (χ4v) is 3.72. The molecule has 0 radical (unpaired) electrons. The summed E-state index contributed by atoms with van der Waals surface area (Å²) in [5.41, 5.74) is 3.02. The molecule has 1 aromatic rings. The van der Waals surface area contributed by atoms with Gasteiger partial charge in [0.2, 0.25) is 0 Å². The predicted octanol–water partition coefficient (Wildman–Crippen LogP) is 5.12. The third kappa shape index (κ3) is 3.85. The molecular weight excluding hydrogens is 242 g/mol. The second-order valence-electron chi connectivity index (χ2n) is 6.50. The zero-order valence-corrected chi connectivity index (χ0v) is 13.5. The van der Waals surface area contributed by atoms with Crippen molar-refractivity contribution in [2.45, 2.75) is 65.3 Å². The van der Waals surface area contributed by atoms with E-state index in [9.17, 15) is 0 Å². The Kier molecular flexibility index (Phi) is 6.09. The summed E-state index contributed by atoms with van der Waals surface area (Å²) < 4.78 is 0. The summed E-state index contributed by atoms with van der Waals surface area (Å²) in [6.45, 7) is 8.09. The van der Waals surface area contributed by atoms with E-state index in [4.69, 9.17) is 0 Å². The van der Waals surface area contributed by atoms with Gasteiger partial charge in [0, 0.05) is 6.04 Å². The average molecular weight is 273 g/mol. The summed E-state index contributed by atoms with van der Waals surface area (Å²) in [6, 6.07) is 9.87. The van der Waals surface area contributed by atoms with Crippen LogP contribution < -0.4 is 5.32 Å². The molecule has 0 bridgehead atoms. The van der Waals surface area contributed by atoms with Gasteiger partial charge in [0.05, 0.1) is 0 Å². The van der Waals surface area contributed by atoms with E-state index in [0.717, 1.165) is 18.4 Å². The minimum Gasteiger partial charge on any atom is -0.310 e. The van der Waals surface area contributed by atoms with Gasteiger partial charge in [-0.2, -0.15) is 0 Å². The second kappa shape index (κ2) is 7.83. The largest absolute Gasteiger partial charge is 0.310 e. The molecule has 1 heteroatoms. The Balaban J connectivity index is 2.18. The molecule has 20 heavy (non-hydrogen) atoms. The van der Waals surface area contributed by atoms with Crippen LogP contribution in [0.15, 0.2) is 24.3 Å². The van der Waals surface area contributed by atoms with Crippen LogP contribution in [0.4, 0.5) is 0 Å². The van der Waals surface area contributed by atoms with Crippen LogP contribution in [0.5, 0.6) is 0 Å². The molecule has 0 heterocycles. The molecule has 1 aliphatic carbocycles. The number of hydrogen-bond acceptors (Lipinski definition) is 1. The van der Waals surface area contributed by atoms with Crippen molar-refractivity contribution in [3.05, 3.63) is 35.4 Å². The van der Waals surface area contributed by atoms with Gasteiger partial charge in [-0.1, -0.05) is 64.3 Å². The van der Waals surface area contributed by atoms with E-state index in [1.807, 2.05) is 0 Å². The molecule has 0 saturated heterocycles. The third-order valence-electron chi connectivity index (χ3n) is 4.82. The number of hydrogen-bond donors (Lipinski definition) is 1. The molecule has 0 aromatic heterocycles. The fourth-order valence-electron chi connectivity index (χ4n) is 3.72. The van der Waals surface area contributed by atoms with Crippen molar-refractivity contribution < 1.29 is 0 Å². The topological polar surface area (TPSA) is 12.0 Å². The van der Waals surface area contributed by atoms with Crippen molar-refractivity contribution in [2.24, 2.45) is 11.8 Å². The second-order valence-corrected chi connectivity index (χ2v) is 6.50. The van der Waals surface area contributed by atoms with Gasteiger partial charge in [0.15, 0.2) is 0 Å². The third-order valence-corrected chi connectivity index (χ3v) is 4.82. The quantitative estimate of drug-likeness (QED) is 0.727. The molecule has 1 N–H and O–H groups in total. The van der Waals surface area contributed by atoms with E-state index in [0.29, 0.717) is 6.04 Å². The van der Waals surface area contributed by atoms with Gasteiger partial charge in [-0.05, 0) is 48.8 Å². The molecule has 1 nitrogen and oxygen atoms in total. The van der Waals surface area contributed by atoms with Gasteiger partial charge in [-0.3, -0.25) is 0 Å². The molecule has 0 spiro atoms. The Morgan fingerprint density at radius 2 is 2.05 bits per heavy atom. The fraction of sp³-hybridized carbons (Fsp3) is 0.684. The first-order chi connectivity index (χ1) is 9.76. The lowest BCUT2D eigenvalue weighted by molar-refractivity contribution is 0.302. The normalized spacial score (nSPS) is 23.9. The number of aryl methyl sites for hydroxylation is 1. The standard InChI is InChI=1S/C19H31N/c1-4-8-16-10-7-11-17(14-16)19(20-13-5-2)18-12-6-9-15(18)3/h7,10-11,14-15,18-20H,4-6,8-9,12-13H2,1-3H3.